The van der Waals surface area contributed by atoms with Crippen LogP contribution in [0.1, 0.15) is 43.5 Å². The standard InChI is InChI=1S/C15H24N4O/c1-9(2)19(8-12-5-6-12)15-13(14(16)18-20)10(3)7-11(4)17-15/h7,9,12,20H,5-6,8H2,1-4H3,(H2,16,18). The Bertz CT molecular complexity index is 521. The molecule has 0 saturated heterocycles. The monoisotopic (exact) mass is 276 g/mol. The van der Waals surface area contributed by atoms with Crippen LogP contribution in [0.3, 0.4) is 0 Å². The van der Waals surface area contributed by atoms with Crippen molar-refractivity contribution in [2.75, 3.05) is 11.4 Å². The zero-order valence-corrected chi connectivity index (χ0v) is 12.7. The molecular formula is C15H24N4O. The Morgan fingerprint density at radius 2 is 2.15 bits per heavy atom. The average Bonchev–Trinajstić information content (AvgIpc) is 3.17. The van der Waals surface area contributed by atoms with Gasteiger partial charge >= 0.3 is 0 Å². The molecule has 1 aliphatic rings. The van der Waals surface area contributed by atoms with E-state index < -0.39 is 0 Å². The third-order valence-electron chi connectivity index (χ3n) is 3.74. The fourth-order valence-corrected chi connectivity index (χ4v) is 2.51. The van der Waals surface area contributed by atoms with Crippen molar-refractivity contribution in [3.05, 3.63) is 22.9 Å². The van der Waals surface area contributed by atoms with Gasteiger partial charge in [0.25, 0.3) is 0 Å². The summed E-state index contributed by atoms with van der Waals surface area (Å²) in [5.41, 5.74) is 8.55. The molecule has 3 N–H and O–H groups in total. The maximum Gasteiger partial charge on any atom is 0.174 e. The van der Waals surface area contributed by atoms with E-state index in [0.29, 0.717) is 6.04 Å². The van der Waals surface area contributed by atoms with E-state index in [1.165, 1.54) is 12.8 Å². The molecule has 110 valence electrons. The summed E-state index contributed by atoms with van der Waals surface area (Å²) in [7, 11) is 0. The molecule has 2 rings (SSSR count). The number of rotatable bonds is 5. The van der Waals surface area contributed by atoms with Crippen LogP contribution in [-0.2, 0) is 0 Å². The van der Waals surface area contributed by atoms with E-state index in [4.69, 9.17) is 10.9 Å². The lowest BCUT2D eigenvalue weighted by molar-refractivity contribution is 0.318. The molecule has 0 atom stereocenters. The topological polar surface area (TPSA) is 74.7 Å². The summed E-state index contributed by atoms with van der Waals surface area (Å²) in [6.07, 6.45) is 2.57. The number of hydrogen-bond acceptors (Lipinski definition) is 4. The molecule has 0 amide bonds. The summed E-state index contributed by atoms with van der Waals surface area (Å²) < 4.78 is 0. The smallest absolute Gasteiger partial charge is 0.174 e. The second-order valence-electron chi connectivity index (χ2n) is 5.95. The first-order valence-corrected chi connectivity index (χ1v) is 7.16. The van der Waals surface area contributed by atoms with Gasteiger partial charge < -0.3 is 15.8 Å². The van der Waals surface area contributed by atoms with E-state index in [-0.39, 0.29) is 5.84 Å². The summed E-state index contributed by atoms with van der Waals surface area (Å²) >= 11 is 0. The predicted molar refractivity (Wildman–Crippen MR) is 81.4 cm³/mol. The molecule has 0 spiro atoms. The summed E-state index contributed by atoms with van der Waals surface area (Å²) in [4.78, 5) is 6.93. The summed E-state index contributed by atoms with van der Waals surface area (Å²) in [5.74, 6) is 1.71. The summed E-state index contributed by atoms with van der Waals surface area (Å²) in [5, 5.41) is 12.2. The van der Waals surface area contributed by atoms with Crippen LogP contribution in [0.2, 0.25) is 0 Å². The lowest BCUT2D eigenvalue weighted by atomic mass is 10.1. The quantitative estimate of drug-likeness (QED) is 0.375. The number of hydrogen-bond donors (Lipinski definition) is 2. The van der Waals surface area contributed by atoms with Crippen molar-refractivity contribution >= 4 is 11.7 Å². The van der Waals surface area contributed by atoms with Crippen LogP contribution in [-0.4, -0.2) is 28.6 Å². The van der Waals surface area contributed by atoms with Crippen molar-refractivity contribution in [1.29, 1.82) is 0 Å². The second-order valence-corrected chi connectivity index (χ2v) is 5.95. The van der Waals surface area contributed by atoms with Gasteiger partial charge in [0, 0.05) is 18.3 Å². The minimum Gasteiger partial charge on any atom is -0.409 e. The van der Waals surface area contributed by atoms with E-state index in [2.05, 4.69) is 28.9 Å². The van der Waals surface area contributed by atoms with Gasteiger partial charge in [-0.3, -0.25) is 0 Å². The molecule has 0 radical (unpaired) electrons. The third kappa shape index (κ3) is 3.03. The van der Waals surface area contributed by atoms with Gasteiger partial charge in [0.2, 0.25) is 0 Å². The molecule has 0 aliphatic heterocycles. The Morgan fingerprint density at radius 1 is 1.50 bits per heavy atom. The lowest BCUT2D eigenvalue weighted by Gasteiger charge is -2.30. The minimum absolute atomic E-state index is 0.131. The molecule has 1 heterocycles. The highest BCUT2D eigenvalue weighted by atomic mass is 16.4. The third-order valence-corrected chi connectivity index (χ3v) is 3.74. The number of nitrogens with zero attached hydrogens (tertiary/aromatic N) is 3. The molecular weight excluding hydrogens is 252 g/mol. The number of amidine groups is 1. The van der Waals surface area contributed by atoms with Gasteiger partial charge in [-0.05, 0) is 58.1 Å². The number of nitrogens with two attached hydrogens (primary N) is 1. The number of anilines is 1. The first-order valence-electron chi connectivity index (χ1n) is 7.16. The van der Waals surface area contributed by atoms with Crippen LogP contribution in [0, 0.1) is 19.8 Å². The first-order chi connectivity index (χ1) is 9.43. The maximum atomic E-state index is 9.04. The summed E-state index contributed by atoms with van der Waals surface area (Å²) in [6, 6.07) is 2.29. The van der Waals surface area contributed by atoms with E-state index in [0.717, 1.165) is 35.1 Å². The van der Waals surface area contributed by atoms with Crippen LogP contribution in [0.15, 0.2) is 11.2 Å². The highest BCUT2D eigenvalue weighted by molar-refractivity contribution is 6.02. The van der Waals surface area contributed by atoms with Gasteiger partial charge in [-0.15, -0.1) is 0 Å². The van der Waals surface area contributed by atoms with Gasteiger partial charge in [-0.25, -0.2) is 4.98 Å². The first kappa shape index (κ1) is 14.6. The van der Waals surface area contributed by atoms with E-state index in [9.17, 15) is 0 Å². The molecule has 0 bridgehead atoms. The maximum absolute atomic E-state index is 9.04. The molecule has 1 aromatic rings. The fraction of sp³-hybridized carbons (Fsp3) is 0.600. The zero-order chi connectivity index (χ0) is 14.9. The number of aryl methyl sites for hydroxylation is 2. The van der Waals surface area contributed by atoms with Crippen molar-refractivity contribution in [2.24, 2.45) is 16.8 Å². The molecule has 1 aliphatic carbocycles. The van der Waals surface area contributed by atoms with Gasteiger partial charge in [-0.2, -0.15) is 0 Å². The highest BCUT2D eigenvalue weighted by Gasteiger charge is 2.28. The molecule has 0 unspecified atom stereocenters. The van der Waals surface area contributed by atoms with Crippen LogP contribution in [0.5, 0.6) is 0 Å². The Morgan fingerprint density at radius 3 is 2.65 bits per heavy atom. The van der Waals surface area contributed by atoms with Gasteiger partial charge in [-0.1, -0.05) is 5.16 Å². The normalized spacial score (nSPS) is 15.8. The van der Waals surface area contributed by atoms with Crippen LogP contribution in [0.4, 0.5) is 5.82 Å². The largest absolute Gasteiger partial charge is 0.409 e. The SMILES string of the molecule is Cc1cc(C)c(C(N)=NO)c(N(CC2CC2)C(C)C)n1. The minimum atomic E-state index is 0.131. The van der Waals surface area contributed by atoms with Gasteiger partial charge in [0.1, 0.15) is 5.82 Å². The van der Waals surface area contributed by atoms with Crippen molar-refractivity contribution < 1.29 is 5.21 Å². The van der Waals surface area contributed by atoms with E-state index in [1.807, 2.05) is 19.9 Å². The Labute approximate surface area is 120 Å². The van der Waals surface area contributed by atoms with E-state index in [1.54, 1.807) is 0 Å². The average molecular weight is 276 g/mol. The van der Waals surface area contributed by atoms with Crippen molar-refractivity contribution in [3.63, 3.8) is 0 Å². The Balaban J connectivity index is 2.50. The van der Waals surface area contributed by atoms with E-state index >= 15 is 0 Å². The van der Waals surface area contributed by atoms with Crippen molar-refractivity contribution in [1.82, 2.24) is 4.98 Å². The predicted octanol–water partition coefficient (Wildman–Crippen LogP) is 2.42. The molecule has 20 heavy (non-hydrogen) atoms. The molecule has 5 nitrogen and oxygen atoms in total. The number of oxime groups is 1. The molecule has 1 fully saturated rings. The van der Waals surface area contributed by atoms with Crippen LogP contribution < -0.4 is 10.6 Å². The van der Waals surface area contributed by atoms with Gasteiger partial charge in [0.15, 0.2) is 5.84 Å². The van der Waals surface area contributed by atoms with Crippen LogP contribution in [0.25, 0.3) is 0 Å². The summed E-state index contributed by atoms with van der Waals surface area (Å²) in [6.45, 7) is 9.23. The van der Waals surface area contributed by atoms with Gasteiger partial charge in [0.05, 0.1) is 5.56 Å². The Hall–Kier alpha value is -1.78. The Kier molecular flexibility index (Phi) is 4.16. The molecule has 5 heteroatoms. The molecule has 1 aromatic heterocycles. The van der Waals surface area contributed by atoms with Crippen LogP contribution >= 0.6 is 0 Å². The fourth-order valence-electron chi connectivity index (χ4n) is 2.51. The van der Waals surface area contributed by atoms with Crippen molar-refractivity contribution in [3.8, 4) is 0 Å². The highest BCUT2D eigenvalue weighted by Crippen LogP contribution is 2.33. The van der Waals surface area contributed by atoms with Crippen molar-refractivity contribution in [2.45, 2.75) is 46.6 Å². The second kappa shape index (κ2) is 5.69. The number of aromatic nitrogens is 1. The lowest BCUT2D eigenvalue weighted by Crippen LogP contribution is -2.36. The molecule has 1 saturated carbocycles. The number of pyridine rings is 1. The molecule has 0 aromatic carbocycles. The zero-order valence-electron chi connectivity index (χ0n) is 12.7.